The minimum atomic E-state index is -0.353. The number of benzene rings is 2. The molecule has 3 rings (SSSR count). The summed E-state index contributed by atoms with van der Waals surface area (Å²) in [6.45, 7) is 0. The molecular formula is C15H10ClFN2O. The molecule has 3 nitrogen and oxygen atoms in total. The highest BCUT2D eigenvalue weighted by atomic mass is 35.5. The van der Waals surface area contributed by atoms with Crippen molar-refractivity contribution < 1.29 is 9.18 Å². The Morgan fingerprint density at radius 2 is 1.90 bits per heavy atom. The quantitative estimate of drug-likeness (QED) is 0.675. The number of carbonyl (C=O) groups is 1. The molecule has 100 valence electrons. The summed E-state index contributed by atoms with van der Waals surface area (Å²) in [4.78, 5) is 12.6. The lowest BCUT2D eigenvalue weighted by Gasteiger charge is -2.07. The van der Waals surface area contributed by atoms with Crippen molar-refractivity contribution in [3.8, 4) is 0 Å². The Balaban J connectivity index is 2.26. The van der Waals surface area contributed by atoms with Gasteiger partial charge in [-0.3, -0.25) is 9.48 Å². The minimum Gasteiger partial charge on any atom is -0.287 e. The van der Waals surface area contributed by atoms with E-state index in [2.05, 4.69) is 5.10 Å². The average molecular weight is 289 g/mol. The van der Waals surface area contributed by atoms with Crippen LogP contribution < -0.4 is 0 Å². The first-order chi connectivity index (χ1) is 9.59. The number of carbonyl (C=O) groups excluding carboxylic acids is 1. The maximum absolute atomic E-state index is 13.8. The Kier molecular flexibility index (Phi) is 3.03. The summed E-state index contributed by atoms with van der Waals surface area (Å²) >= 11 is 5.99. The van der Waals surface area contributed by atoms with E-state index in [4.69, 9.17) is 11.6 Å². The number of halogens is 2. The van der Waals surface area contributed by atoms with Crippen LogP contribution in [0.1, 0.15) is 16.1 Å². The number of fused-ring (bicyclic) bond motifs is 1. The molecule has 1 aromatic heterocycles. The first-order valence-electron chi connectivity index (χ1n) is 5.99. The van der Waals surface area contributed by atoms with Gasteiger partial charge < -0.3 is 0 Å². The zero-order valence-electron chi connectivity index (χ0n) is 10.6. The molecule has 0 aliphatic carbocycles. The number of nitrogens with zero attached hydrogens (tertiary/aromatic N) is 2. The second-order valence-electron chi connectivity index (χ2n) is 4.43. The van der Waals surface area contributed by atoms with E-state index in [1.165, 1.54) is 23.0 Å². The largest absolute Gasteiger partial charge is 0.287 e. The maximum atomic E-state index is 13.8. The maximum Gasteiger partial charge on any atom is 0.213 e. The van der Waals surface area contributed by atoms with Gasteiger partial charge in [0.2, 0.25) is 5.78 Å². The molecule has 0 radical (unpaired) electrons. The fourth-order valence-corrected chi connectivity index (χ4v) is 2.51. The molecule has 0 spiro atoms. The van der Waals surface area contributed by atoms with Crippen molar-refractivity contribution in [3.63, 3.8) is 0 Å². The Morgan fingerprint density at radius 3 is 2.55 bits per heavy atom. The van der Waals surface area contributed by atoms with E-state index in [1.54, 1.807) is 31.3 Å². The average Bonchev–Trinajstić information content (AvgIpc) is 2.78. The molecule has 0 atom stereocenters. The molecule has 0 saturated carbocycles. The Bertz CT molecular complexity index is 806. The van der Waals surface area contributed by atoms with Crippen LogP contribution >= 0.6 is 11.6 Å². The van der Waals surface area contributed by atoms with Gasteiger partial charge in [-0.1, -0.05) is 35.9 Å². The summed E-state index contributed by atoms with van der Waals surface area (Å²) < 4.78 is 15.2. The topological polar surface area (TPSA) is 34.9 Å². The van der Waals surface area contributed by atoms with Gasteiger partial charge in [-0.25, -0.2) is 4.39 Å². The van der Waals surface area contributed by atoms with Crippen LogP contribution in [0.3, 0.4) is 0 Å². The highest BCUT2D eigenvalue weighted by Gasteiger charge is 2.20. The van der Waals surface area contributed by atoms with Crippen LogP contribution in [0.4, 0.5) is 4.39 Å². The minimum absolute atomic E-state index is 0.272. The molecular weight excluding hydrogens is 279 g/mol. The molecule has 2 aromatic carbocycles. The van der Waals surface area contributed by atoms with Crippen molar-refractivity contribution in [2.24, 2.45) is 7.05 Å². The smallest absolute Gasteiger partial charge is 0.213 e. The summed E-state index contributed by atoms with van der Waals surface area (Å²) in [6, 6.07) is 9.63. The number of ketones is 1. The number of rotatable bonds is 2. The van der Waals surface area contributed by atoms with E-state index in [-0.39, 0.29) is 16.6 Å². The van der Waals surface area contributed by atoms with Crippen LogP contribution in [0.2, 0.25) is 5.02 Å². The van der Waals surface area contributed by atoms with Crippen LogP contribution in [0.25, 0.3) is 10.8 Å². The molecule has 0 amide bonds. The van der Waals surface area contributed by atoms with Crippen LogP contribution in [-0.4, -0.2) is 15.6 Å². The third-order valence-electron chi connectivity index (χ3n) is 3.22. The molecule has 0 aliphatic heterocycles. The van der Waals surface area contributed by atoms with Gasteiger partial charge in [0, 0.05) is 18.0 Å². The summed E-state index contributed by atoms with van der Waals surface area (Å²) in [6.07, 6.45) is 1.42. The summed E-state index contributed by atoms with van der Waals surface area (Å²) in [5, 5.41) is 5.21. The molecule has 0 unspecified atom stereocenters. The molecule has 0 fully saturated rings. The van der Waals surface area contributed by atoms with E-state index in [9.17, 15) is 9.18 Å². The predicted octanol–water partition coefficient (Wildman–Crippen LogP) is 3.60. The Hall–Kier alpha value is -2.20. The van der Waals surface area contributed by atoms with Crippen LogP contribution in [0.15, 0.2) is 42.6 Å². The third-order valence-corrected chi connectivity index (χ3v) is 3.50. The fourth-order valence-electron chi connectivity index (χ4n) is 2.25. The normalized spacial score (nSPS) is 10.9. The van der Waals surface area contributed by atoms with Crippen molar-refractivity contribution in [3.05, 3.63) is 64.7 Å². The number of aromatic nitrogens is 2. The van der Waals surface area contributed by atoms with Gasteiger partial charge >= 0.3 is 0 Å². The summed E-state index contributed by atoms with van der Waals surface area (Å²) in [7, 11) is 1.64. The van der Waals surface area contributed by atoms with E-state index in [1.807, 2.05) is 0 Å². The highest BCUT2D eigenvalue weighted by Crippen LogP contribution is 2.26. The van der Waals surface area contributed by atoms with Crippen molar-refractivity contribution in [2.45, 2.75) is 0 Å². The molecule has 0 bridgehead atoms. The molecule has 3 aromatic rings. The SMILES string of the molecule is Cn1ncc(Cl)c1C(=O)c1ccc(F)c2ccccc12. The number of hydrogen-bond acceptors (Lipinski definition) is 2. The molecule has 5 heteroatoms. The van der Waals surface area contributed by atoms with Gasteiger partial charge in [-0.05, 0) is 17.5 Å². The molecule has 0 saturated heterocycles. The second kappa shape index (κ2) is 4.72. The Morgan fingerprint density at radius 1 is 1.20 bits per heavy atom. The van der Waals surface area contributed by atoms with Crippen LogP contribution in [0.5, 0.6) is 0 Å². The van der Waals surface area contributed by atoms with Crippen LogP contribution in [-0.2, 0) is 7.05 Å². The summed E-state index contributed by atoms with van der Waals surface area (Å²) in [5.74, 6) is -0.626. The van der Waals surface area contributed by atoms with E-state index >= 15 is 0 Å². The lowest BCUT2D eigenvalue weighted by Crippen LogP contribution is -2.09. The second-order valence-corrected chi connectivity index (χ2v) is 4.84. The van der Waals surface area contributed by atoms with Gasteiger partial charge in [0.15, 0.2) is 0 Å². The first kappa shape index (κ1) is 12.8. The molecule has 20 heavy (non-hydrogen) atoms. The molecule has 1 heterocycles. The molecule has 0 aliphatic rings. The van der Waals surface area contributed by atoms with Gasteiger partial charge in [0.25, 0.3) is 0 Å². The van der Waals surface area contributed by atoms with Gasteiger partial charge in [0.05, 0.1) is 11.2 Å². The van der Waals surface area contributed by atoms with Crippen molar-refractivity contribution in [2.75, 3.05) is 0 Å². The first-order valence-corrected chi connectivity index (χ1v) is 6.37. The number of hydrogen-bond donors (Lipinski definition) is 0. The van der Waals surface area contributed by atoms with Gasteiger partial charge in [-0.2, -0.15) is 5.10 Å². The Labute approximate surface area is 119 Å². The van der Waals surface area contributed by atoms with Crippen LogP contribution in [0, 0.1) is 5.82 Å². The van der Waals surface area contributed by atoms with Gasteiger partial charge in [-0.15, -0.1) is 0 Å². The summed E-state index contributed by atoms with van der Waals surface area (Å²) in [5.41, 5.74) is 0.705. The predicted molar refractivity (Wildman–Crippen MR) is 75.6 cm³/mol. The number of aryl methyl sites for hydroxylation is 1. The molecule has 0 N–H and O–H groups in total. The van der Waals surface area contributed by atoms with E-state index < -0.39 is 0 Å². The van der Waals surface area contributed by atoms with E-state index in [0.29, 0.717) is 22.0 Å². The van der Waals surface area contributed by atoms with Gasteiger partial charge in [0.1, 0.15) is 11.5 Å². The van der Waals surface area contributed by atoms with Crippen molar-refractivity contribution in [1.82, 2.24) is 9.78 Å². The zero-order valence-corrected chi connectivity index (χ0v) is 11.4. The third kappa shape index (κ3) is 1.89. The lowest BCUT2D eigenvalue weighted by atomic mass is 9.99. The lowest BCUT2D eigenvalue weighted by molar-refractivity contribution is 0.103. The fraction of sp³-hybridized carbons (Fsp3) is 0.0667. The van der Waals surface area contributed by atoms with Crippen molar-refractivity contribution in [1.29, 1.82) is 0 Å². The highest BCUT2D eigenvalue weighted by molar-refractivity contribution is 6.35. The standard InChI is InChI=1S/C15H10ClFN2O/c1-19-14(12(16)8-18-19)15(20)11-6-7-13(17)10-5-3-2-4-9(10)11/h2-8H,1H3. The van der Waals surface area contributed by atoms with Crippen molar-refractivity contribution >= 4 is 28.2 Å². The monoisotopic (exact) mass is 288 g/mol. The zero-order chi connectivity index (χ0) is 14.3. The van der Waals surface area contributed by atoms with E-state index in [0.717, 1.165) is 0 Å².